The van der Waals surface area contributed by atoms with Crippen LogP contribution >= 0.6 is 11.6 Å². The van der Waals surface area contributed by atoms with Gasteiger partial charge in [-0.3, -0.25) is 0 Å². The van der Waals surface area contributed by atoms with Gasteiger partial charge in [0.15, 0.2) is 0 Å². The van der Waals surface area contributed by atoms with Gasteiger partial charge in [-0.25, -0.2) is 9.97 Å². The minimum Gasteiger partial charge on any atom is -0.497 e. The smallest absolute Gasteiger partial charge is 0.148 e. The number of halogens is 1. The van der Waals surface area contributed by atoms with E-state index in [9.17, 15) is 5.11 Å². The summed E-state index contributed by atoms with van der Waals surface area (Å²) in [6.45, 7) is 2.07. The Morgan fingerprint density at radius 1 is 1.16 bits per heavy atom. The summed E-state index contributed by atoms with van der Waals surface area (Å²) in [5.74, 6) is 1.88. The molecule has 0 saturated heterocycles. The Bertz CT molecular complexity index is 1130. The van der Waals surface area contributed by atoms with E-state index in [0.717, 1.165) is 59.0 Å². The maximum absolute atomic E-state index is 10.7. The molecule has 31 heavy (non-hydrogen) atoms. The zero-order chi connectivity index (χ0) is 21.5. The fourth-order valence-electron chi connectivity index (χ4n) is 4.39. The van der Waals surface area contributed by atoms with Crippen molar-refractivity contribution in [1.82, 2.24) is 9.97 Å². The van der Waals surface area contributed by atoms with Gasteiger partial charge in [-0.05, 0) is 48.6 Å². The Hall–Kier alpha value is -2.63. The number of methoxy groups -OCH3 is 1. The summed E-state index contributed by atoms with van der Waals surface area (Å²) in [5, 5.41) is 14.8. The van der Waals surface area contributed by atoms with Gasteiger partial charge in [-0.2, -0.15) is 0 Å². The summed E-state index contributed by atoms with van der Waals surface area (Å²) < 4.78 is 5.30. The van der Waals surface area contributed by atoms with Crippen molar-refractivity contribution < 1.29 is 9.84 Å². The van der Waals surface area contributed by atoms with Gasteiger partial charge in [0.2, 0.25) is 0 Å². The van der Waals surface area contributed by atoms with Crippen LogP contribution in [0.5, 0.6) is 5.75 Å². The first kappa shape index (κ1) is 20.3. The third-order valence-electron chi connectivity index (χ3n) is 6.22. The van der Waals surface area contributed by atoms with Crippen LogP contribution in [0, 0.1) is 0 Å². The lowest BCUT2D eigenvalue weighted by Crippen LogP contribution is -2.23. The number of fused-ring (bicyclic) bond motifs is 1. The third-order valence-corrected chi connectivity index (χ3v) is 6.53. The molecule has 2 atom stereocenters. The van der Waals surface area contributed by atoms with Gasteiger partial charge in [0, 0.05) is 17.9 Å². The lowest BCUT2D eigenvalue weighted by molar-refractivity contribution is 0.165. The Morgan fingerprint density at radius 2 is 1.97 bits per heavy atom. The summed E-state index contributed by atoms with van der Waals surface area (Å²) in [7, 11) is 1.63. The quantitative estimate of drug-likeness (QED) is 0.548. The molecule has 5 rings (SSSR count). The highest BCUT2D eigenvalue weighted by molar-refractivity contribution is 6.33. The van der Waals surface area contributed by atoms with Crippen LogP contribution in [0.25, 0.3) is 11.3 Å². The summed E-state index contributed by atoms with van der Waals surface area (Å²) in [6, 6.07) is 13.7. The van der Waals surface area contributed by atoms with Crippen LogP contribution < -0.4 is 10.1 Å². The molecule has 1 heterocycles. The average molecular weight is 436 g/mol. The van der Waals surface area contributed by atoms with Gasteiger partial charge in [0.05, 0.1) is 41.4 Å². The molecule has 2 N–H and O–H groups in total. The van der Waals surface area contributed by atoms with Crippen LogP contribution in [-0.2, 0) is 12.8 Å². The highest BCUT2D eigenvalue weighted by Gasteiger charge is 2.34. The molecule has 1 saturated carbocycles. The van der Waals surface area contributed by atoms with Gasteiger partial charge < -0.3 is 15.2 Å². The number of aliphatic hydroxyl groups excluding tert-OH is 1. The molecule has 1 aromatic heterocycles. The van der Waals surface area contributed by atoms with E-state index < -0.39 is 6.10 Å². The van der Waals surface area contributed by atoms with E-state index in [0.29, 0.717) is 17.4 Å². The van der Waals surface area contributed by atoms with E-state index in [1.165, 1.54) is 5.56 Å². The van der Waals surface area contributed by atoms with Crippen LogP contribution in [0.15, 0.2) is 42.5 Å². The van der Waals surface area contributed by atoms with Gasteiger partial charge in [-0.15, -0.1) is 0 Å². The van der Waals surface area contributed by atoms with Crippen molar-refractivity contribution in [2.45, 2.75) is 50.7 Å². The highest BCUT2D eigenvalue weighted by atomic mass is 35.5. The van der Waals surface area contributed by atoms with Crippen LogP contribution in [0.3, 0.4) is 0 Å². The molecule has 160 valence electrons. The van der Waals surface area contributed by atoms with Crippen LogP contribution in [0.2, 0.25) is 5.02 Å². The largest absolute Gasteiger partial charge is 0.497 e. The van der Waals surface area contributed by atoms with E-state index in [1.807, 2.05) is 30.3 Å². The Labute approximate surface area is 187 Å². The monoisotopic (exact) mass is 435 g/mol. The number of hydrogen-bond acceptors (Lipinski definition) is 5. The first-order valence-corrected chi connectivity index (χ1v) is 11.2. The number of nitrogens with zero attached hydrogens (tertiary/aromatic N) is 2. The Kier molecular flexibility index (Phi) is 5.32. The fourth-order valence-corrected chi connectivity index (χ4v) is 4.65. The molecule has 0 spiro atoms. The molecule has 2 aliphatic rings. The third kappa shape index (κ3) is 3.77. The minimum atomic E-state index is -0.482. The van der Waals surface area contributed by atoms with Crippen molar-refractivity contribution in [3.63, 3.8) is 0 Å². The van der Waals surface area contributed by atoms with Crippen molar-refractivity contribution in [2.75, 3.05) is 12.4 Å². The molecule has 1 unspecified atom stereocenters. The Balaban J connectivity index is 1.57. The van der Waals surface area contributed by atoms with E-state index in [2.05, 4.69) is 24.4 Å². The average Bonchev–Trinajstić information content (AvgIpc) is 3.58. The van der Waals surface area contributed by atoms with E-state index >= 15 is 0 Å². The molecule has 0 amide bonds. The predicted molar refractivity (Wildman–Crippen MR) is 123 cm³/mol. The molecule has 0 radical (unpaired) electrons. The van der Waals surface area contributed by atoms with Gasteiger partial charge in [-0.1, -0.05) is 42.8 Å². The van der Waals surface area contributed by atoms with Crippen LogP contribution in [0.4, 0.5) is 5.82 Å². The first-order valence-electron chi connectivity index (χ1n) is 10.9. The summed E-state index contributed by atoms with van der Waals surface area (Å²) >= 11 is 6.59. The van der Waals surface area contributed by atoms with Crippen LogP contribution in [-0.4, -0.2) is 28.3 Å². The van der Waals surface area contributed by atoms with Crippen LogP contribution in [0.1, 0.15) is 54.2 Å². The lowest BCUT2D eigenvalue weighted by atomic mass is 10.0. The van der Waals surface area contributed by atoms with Gasteiger partial charge >= 0.3 is 0 Å². The maximum Gasteiger partial charge on any atom is 0.148 e. The standard InChI is InChI=1S/C25H26ClN3O2/c1-3-20-25(29-23-17-7-5-4-6-15(17)12-21(23)30)28-22(14-8-9-14)24(27-20)18-11-10-16(31-2)13-19(18)26/h4-7,10-11,13-14,21,23,30H,3,8-9,12H2,1-2H3,(H,28,29)/t21-,23?/m0/s1. The fraction of sp³-hybridized carbons (Fsp3) is 0.360. The maximum atomic E-state index is 10.7. The second kappa shape index (κ2) is 8.13. The molecular formula is C25H26ClN3O2. The number of rotatable bonds is 6. The molecule has 2 aliphatic carbocycles. The number of benzene rings is 2. The van der Waals surface area contributed by atoms with Crippen molar-refractivity contribution in [2.24, 2.45) is 0 Å². The second-order valence-corrected chi connectivity index (χ2v) is 8.73. The number of anilines is 1. The van der Waals surface area contributed by atoms with E-state index in [1.54, 1.807) is 7.11 Å². The number of ether oxygens (including phenoxy) is 1. The molecule has 2 aromatic carbocycles. The molecule has 1 fully saturated rings. The molecule has 6 heteroatoms. The van der Waals surface area contributed by atoms with E-state index in [-0.39, 0.29) is 6.04 Å². The topological polar surface area (TPSA) is 67.3 Å². The first-order chi connectivity index (χ1) is 15.1. The molecule has 0 bridgehead atoms. The number of aliphatic hydroxyl groups is 1. The molecule has 3 aromatic rings. The minimum absolute atomic E-state index is 0.182. The molecular weight excluding hydrogens is 410 g/mol. The molecule has 0 aliphatic heterocycles. The lowest BCUT2D eigenvalue weighted by Gasteiger charge is -2.22. The van der Waals surface area contributed by atoms with Crippen molar-refractivity contribution >= 4 is 17.4 Å². The summed E-state index contributed by atoms with van der Waals surface area (Å²) in [6.07, 6.45) is 3.11. The van der Waals surface area contributed by atoms with Crippen molar-refractivity contribution in [3.8, 4) is 17.0 Å². The SMILES string of the molecule is CCc1nc(-c2ccc(OC)cc2Cl)c(C2CC2)nc1NC1c2ccccc2C[C@@H]1O. The highest BCUT2D eigenvalue weighted by Crippen LogP contribution is 2.45. The number of nitrogens with one attached hydrogen (secondary N) is 1. The summed E-state index contributed by atoms with van der Waals surface area (Å²) in [5.41, 5.74) is 5.90. The van der Waals surface area contributed by atoms with E-state index in [4.69, 9.17) is 26.3 Å². The predicted octanol–water partition coefficient (Wildman–Crippen LogP) is 5.32. The Morgan fingerprint density at radius 3 is 2.68 bits per heavy atom. The van der Waals surface area contributed by atoms with Gasteiger partial charge in [0.1, 0.15) is 11.6 Å². The zero-order valence-electron chi connectivity index (χ0n) is 17.7. The number of hydrogen-bond donors (Lipinski definition) is 2. The normalized spacial score (nSPS) is 19.9. The summed E-state index contributed by atoms with van der Waals surface area (Å²) in [4.78, 5) is 10.1. The van der Waals surface area contributed by atoms with Crippen molar-refractivity contribution in [3.05, 3.63) is 70.0 Å². The zero-order valence-corrected chi connectivity index (χ0v) is 18.5. The second-order valence-electron chi connectivity index (χ2n) is 8.32. The number of aryl methyl sites for hydroxylation is 1. The van der Waals surface area contributed by atoms with Crippen molar-refractivity contribution in [1.29, 1.82) is 0 Å². The molecule has 5 nitrogen and oxygen atoms in total. The van der Waals surface area contributed by atoms with Gasteiger partial charge in [0.25, 0.3) is 0 Å². The number of aromatic nitrogens is 2.